The monoisotopic (exact) mass is 215 g/mol. The van der Waals surface area contributed by atoms with Crippen molar-refractivity contribution in [1.29, 1.82) is 0 Å². The van der Waals surface area contributed by atoms with Crippen LogP contribution in [0.25, 0.3) is 0 Å². The Kier molecular flexibility index (Phi) is 4.78. The summed E-state index contributed by atoms with van der Waals surface area (Å²) in [6.07, 6.45) is 0. The molecule has 1 atom stereocenters. The van der Waals surface area contributed by atoms with E-state index < -0.39 is 5.60 Å². The van der Waals surface area contributed by atoms with Crippen molar-refractivity contribution in [2.45, 2.75) is 60.1 Å². The van der Waals surface area contributed by atoms with E-state index in [0.717, 1.165) is 0 Å². The summed E-state index contributed by atoms with van der Waals surface area (Å²) in [7, 11) is 0. The van der Waals surface area contributed by atoms with Crippen molar-refractivity contribution in [3.63, 3.8) is 0 Å². The molecule has 0 saturated carbocycles. The molecule has 0 rings (SSSR count). The zero-order chi connectivity index (χ0) is 12.3. The molecule has 0 aromatic rings. The van der Waals surface area contributed by atoms with Crippen LogP contribution in [-0.4, -0.2) is 24.2 Å². The van der Waals surface area contributed by atoms with Gasteiger partial charge in [-0.1, -0.05) is 20.8 Å². The van der Waals surface area contributed by atoms with Crippen molar-refractivity contribution in [2.75, 3.05) is 6.54 Å². The van der Waals surface area contributed by atoms with E-state index in [1.165, 1.54) is 0 Å². The predicted octanol–water partition coefficient (Wildman–Crippen LogP) is 2.35. The van der Waals surface area contributed by atoms with Gasteiger partial charge in [-0.05, 0) is 33.1 Å². The summed E-state index contributed by atoms with van der Waals surface area (Å²) in [6.45, 7) is 14.4. The van der Waals surface area contributed by atoms with Gasteiger partial charge < -0.3 is 10.1 Å². The molecule has 0 aliphatic heterocycles. The molecule has 0 aromatic carbocycles. The number of ether oxygens (including phenoxy) is 1. The van der Waals surface area contributed by atoms with Crippen LogP contribution in [0.1, 0.15) is 48.5 Å². The molecule has 3 heteroatoms. The van der Waals surface area contributed by atoms with E-state index in [1.54, 1.807) is 0 Å². The average Bonchev–Trinajstić information content (AvgIpc) is 1.94. The first kappa shape index (κ1) is 14.4. The van der Waals surface area contributed by atoms with Gasteiger partial charge >= 0.3 is 5.97 Å². The van der Waals surface area contributed by atoms with Gasteiger partial charge in [0.2, 0.25) is 0 Å². The summed E-state index contributed by atoms with van der Waals surface area (Å²) in [5, 5.41) is 3.17. The van der Waals surface area contributed by atoms with Crippen molar-refractivity contribution < 1.29 is 9.53 Å². The van der Waals surface area contributed by atoms with Crippen LogP contribution in [-0.2, 0) is 9.53 Å². The van der Waals surface area contributed by atoms with Crippen molar-refractivity contribution in [3.05, 3.63) is 0 Å². The Morgan fingerprint density at radius 1 is 1.20 bits per heavy atom. The number of hydrogen-bond donors (Lipinski definition) is 1. The maximum atomic E-state index is 11.4. The molecule has 0 heterocycles. The summed E-state index contributed by atoms with van der Waals surface area (Å²) in [4.78, 5) is 11.4. The molecule has 0 amide bonds. The summed E-state index contributed by atoms with van der Waals surface area (Å²) in [5.74, 6) is -0.196. The van der Waals surface area contributed by atoms with Gasteiger partial charge in [0, 0.05) is 6.04 Å². The van der Waals surface area contributed by atoms with Gasteiger partial charge in [0.05, 0.1) is 6.54 Å². The van der Waals surface area contributed by atoms with Crippen molar-refractivity contribution in [1.82, 2.24) is 5.32 Å². The first-order valence-corrected chi connectivity index (χ1v) is 5.47. The Morgan fingerprint density at radius 2 is 1.67 bits per heavy atom. The lowest BCUT2D eigenvalue weighted by Gasteiger charge is -2.28. The second-order valence-corrected chi connectivity index (χ2v) is 6.06. The van der Waals surface area contributed by atoms with Crippen molar-refractivity contribution in [3.8, 4) is 0 Å². The predicted molar refractivity (Wildman–Crippen MR) is 62.8 cm³/mol. The molecular formula is C12H25NO2. The van der Waals surface area contributed by atoms with Crippen LogP contribution in [0.4, 0.5) is 0 Å². The van der Waals surface area contributed by atoms with E-state index in [9.17, 15) is 4.79 Å². The fraction of sp³-hybridized carbons (Fsp3) is 0.917. The molecule has 15 heavy (non-hydrogen) atoms. The topological polar surface area (TPSA) is 38.3 Å². The van der Waals surface area contributed by atoms with Gasteiger partial charge in [-0.2, -0.15) is 0 Å². The van der Waals surface area contributed by atoms with E-state index in [-0.39, 0.29) is 24.0 Å². The fourth-order valence-corrected chi connectivity index (χ4v) is 0.920. The Hall–Kier alpha value is -0.570. The molecule has 0 aliphatic carbocycles. The first-order valence-electron chi connectivity index (χ1n) is 5.47. The van der Waals surface area contributed by atoms with Crippen LogP contribution in [0.2, 0.25) is 0 Å². The minimum Gasteiger partial charge on any atom is -0.459 e. The van der Waals surface area contributed by atoms with Gasteiger partial charge in [-0.15, -0.1) is 0 Å². The van der Waals surface area contributed by atoms with Crippen LogP contribution >= 0.6 is 0 Å². The molecule has 0 bridgehead atoms. The van der Waals surface area contributed by atoms with Crippen LogP contribution in [0.3, 0.4) is 0 Å². The lowest BCUT2D eigenvalue weighted by Crippen LogP contribution is -2.42. The smallest absolute Gasteiger partial charge is 0.320 e. The maximum absolute atomic E-state index is 11.4. The Balaban J connectivity index is 3.92. The molecule has 0 fully saturated rings. The summed E-state index contributed by atoms with van der Waals surface area (Å²) in [5.41, 5.74) is -0.244. The number of hydrogen-bond acceptors (Lipinski definition) is 3. The number of rotatable bonds is 3. The third-order valence-electron chi connectivity index (χ3n) is 2.27. The lowest BCUT2D eigenvalue weighted by molar-refractivity contribution is -0.153. The van der Waals surface area contributed by atoms with E-state index in [1.807, 2.05) is 20.8 Å². The summed E-state index contributed by atoms with van der Waals surface area (Å²) in [6, 6.07) is 0.282. The van der Waals surface area contributed by atoms with E-state index in [4.69, 9.17) is 4.74 Å². The third-order valence-corrected chi connectivity index (χ3v) is 2.27. The standard InChI is InChI=1S/C12H25NO2/c1-9(11(2,3)4)13-8-10(14)15-12(5,6)7/h9,13H,8H2,1-7H3. The fourth-order valence-electron chi connectivity index (χ4n) is 0.920. The highest BCUT2D eigenvalue weighted by Gasteiger charge is 2.21. The highest BCUT2D eigenvalue weighted by atomic mass is 16.6. The molecule has 0 saturated heterocycles. The van der Waals surface area contributed by atoms with Gasteiger partial charge in [0.1, 0.15) is 5.60 Å². The molecule has 0 spiro atoms. The Morgan fingerprint density at radius 3 is 2.00 bits per heavy atom. The highest BCUT2D eigenvalue weighted by molar-refractivity contribution is 5.72. The molecule has 0 aliphatic rings. The lowest BCUT2D eigenvalue weighted by atomic mass is 9.88. The molecule has 0 aromatic heterocycles. The van der Waals surface area contributed by atoms with Crippen LogP contribution < -0.4 is 5.32 Å². The van der Waals surface area contributed by atoms with Gasteiger partial charge in [-0.3, -0.25) is 4.79 Å². The van der Waals surface area contributed by atoms with Gasteiger partial charge in [-0.25, -0.2) is 0 Å². The second-order valence-electron chi connectivity index (χ2n) is 6.06. The quantitative estimate of drug-likeness (QED) is 0.734. The summed E-state index contributed by atoms with van der Waals surface area (Å²) < 4.78 is 5.20. The van der Waals surface area contributed by atoms with E-state index >= 15 is 0 Å². The van der Waals surface area contributed by atoms with Crippen molar-refractivity contribution >= 4 is 5.97 Å². The van der Waals surface area contributed by atoms with Crippen molar-refractivity contribution in [2.24, 2.45) is 5.41 Å². The van der Waals surface area contributed by atoms with Crippen LogP contribution in [0.15, 0.2) is 0 Å². The number of nitrogens with one attached hydrogen (secondary N) is 1. The molecule has 1 N–H and O–H groups in total. The molecule has 90 valence electrons. The number of carbonyl (C=O) groups excluding carboxylic acids is 1. The molecule has 0 radical (unpaired) electrons. The third kappa shape index (κ3) is 7.37. The molecule has 1 unspecified atom stereocenters. The molecule has 3 nitrogen and oxygen atoms in total. The second kappa shape index (κ2) is 4.97. The first-order chi connectivity index (χ1) is 6.52. The normalized spacial score (nSPS) is 14.9. The SMILES string of the molecule is CC(NCC(=O)OC(C)(C)C)C(C)(C)C. The number of esters is 1. The van der Waals surface area contributed by atoms with Gasteiger partial charge in [0.15, 0.2) is 0 Å². The van der Waals surface area contributed by atoms with Gasteiger partial charge in [0.25, 0.3) is 0 Å². The maximum Gasteiger partial charge on any atom is 0.320 e. The van der Waals surface area contributed by atoms with E-state index in [2.05, 4.69) is 33.0 Å². The summed E-state index contributed by atoms with van der Waals surface area (Å²) >= 11 is 0. The highest BCUT2D eigenvalue weighted by Crippen LogP contribution is 2.18. The van der Waals surface area contributed by atoms with E-state index in [0.29, 0.717) is 0 Å². The zero-order valence-corrected chi connectivity index (χ0v) is 11.1. The zero-order valence-electron chi connectivity index (χ0n) is 11.1. The minimum atomic E-state index is -0.399. The molecular weight excluding hydrogens is 190 g/mol. The Labute approximate surface area is 93.6 Å². The van der Waals surface area contributed by atoms with Crippen LogP contribution in [0.5, 0.6) is 0 Å². The van der Waals surface area contributed by atoms with Crippen LogP contribution in [0, 0.1) is 5.41 Å². The Bertz CT molecular complexity index is 211. The number of carbonyl (C=O) groups is 1. The minimum absolute atomic E-state index is 0.155. The largest absolute Gasteiger partial charge is 0.459 e. The average molecular weight is 215 g/mol.